The topological polar surface area (TPSA) is 105 Å². The first-order valence-corrected chi connectivity index (χ1v) is 8.47. The summed E-state index contributed by atoms with van der Waals surface area (Å²) in [5, 5.41) is 6.56. The van der Waals surface area contributed by atoms with E-state index in [2.05, 4.69) is 15.5 Å². The van der Waals surface area contributed by atoms with E-state index < -0.39 is 0 Å². The first-order chi connectivity index (χ1) is 13.7. The minimum Gasteiger partial charge on any atom is -0.497 e. The summed E-state index contributed by atoms with van der Waals surface area (Å²) in [5.41, 5.74) is 0.451. The number of carbonyl (C=O) groups is 1. The molecule has 1 N–H and O–H groups in total. The average molecular weight is 383 g/mol. The van der Waals surface area contributed by atoms with Crippen LogP contribution >= 0.6 is 0 Å². The fourth-order valence-corrected chi connectivity index (χ4v) is 2.54. The maximum absolute atomic E-state index is 12.3. The molecule has 0 fully saturated rings. The van der Waals surface area contributed by atoms with Crippen LogP contribution in [0.25, 0.3) is 0 Å². The van der Waals surface area contributed by atoms with Crippen LogP contribution in [0.5, 0.6) is 23.0 Å². The van der Waals surface area contributed by atoms with Gasteiger partial charge in [-0.3, -0.25) is 4.79 Å². The van der Waals surface area contributed by atoms with Crippen molar-refractivity contribution >= 4 is 5.91 Å². The number of benzene rings is 2. The average Bonchev–Trinajstić information content (AvgIpc) is 3.39. The molecule has 0 radical (unpaired) electrons. The van der Waals surface area contributed by atoms with E-state index in [0.29, 0.717) is 28.6 Å². The number of nitrogens with one attached hydrogen (secondary N) is 1. The highest BCUT2D eigenvalue weighted by Gasteiger charge is 2.16. The van der Waals surface area contributed by atoms with Gasteiger partial charge in [0.25, 0.3) is 5.91 Å². The standard InChI is InChI=1S/C19H17N3O6/c1-24-13-3-5-14(6-4-13)25-10-17-21-18(28-22-17)9-20-19(23)12-2-7-15-16(8-12)27-11-26-15/h2-8H,9-11H2,1H3,(H,20,23). The number of rotatable bonds is 7. The molecule has 9 heteroatoms. The zero-order valence-electron chi connectivity index (χ0n) is 15.0. The van der Waals surface area contributed by atoms with Crippen LogP contribution in [0.15, 0.2) is 47.0 Å². The smallest absolute Gasteiger partial charge is 0.251 e. The van der Waals surface area contributed by atoms with Crippen molar-refractivity contribution in [1.82, 2.24) is 15.5 Å². The van der Waals surface area contributed by atoms with Crippen molar-refractivity contribution in [1.29, 1.82) is 0 Å². The van der Waals surface area contributed by atoms with Crippen LogP contribution in [-0.4, -0.2) is 30.0 Å². The first-order valence-electron chi connectivity index (χ1n) is 8.47. The molecule has 1 aliphatic heterocycles. The van der Waals surface area contributed by atoms with Crippen LogP contribution in [0.2, 0.25) is 0 Å². The van der Waals surface area contributed by atoms with Crippen molar-refractivity contribution in [3.63, 3.8) is 0 Å². The Hall–Kier alpha value is -3.75. The number of methoxy groups -OCH3 is 1. The van der Waals surface area contributed by atoms with E-state index in [1.165, 1.54) is 0 Å². The largest absolute Gasteiger partial charge is 0.497 e. The molecule has 144 valence electrons. The van der Waals surface area contributed by atoms with Gasteiger partial charge in [0.1, 0.15) is 11.5 Å². The van der Waals surface area contributed by atoms with Gasteiger partial charge in [0.2, 0.25) is 18.5 Å². The third kappa shape index (κ3) is 3.98. The lowest BCUT2D eigenvalue weighted by atomic mass is 10.2. The minimum atomic E-state index is -0.285. The third-order valence-corrected chi connectivity index (χ3v) is 3.97. The summed E-state index contributed by atoms with van der Waals surface area (Å²) in [5.74, 6) is 2.94. The Morgan fingerprint density at radius 3 is 2.71 bits per heavy atom. The Bertz CT molecular complexity index is 970. The van der Waals surface area contributed by atoms with Crippen LogP contribution in [0.1, 0.15) is 22.1 Å². The number of fused-ring (bicyclic) bond motifs is 1. The molecule has 0 aliphatic carbocycles. The summed E-state index contributed by atoms with van der Waals surface area (Å²) in [4.78, 5) is 16.5. The molecule has 9 nitrogen and oxygen atoms in total. The van der Waals surface area contributed by atoms with Gasteiger partial charge < -0.3 is 28.8 Å². The molecular formula is C19H17N3O6. The molecule has 0 atom stereocenters. The molecular weight excluding hydrogens is 366 g/mol. The summed E-state index contributed by atoms with van der Waals surface area (Å²) in [6, 6.07) is 12.1. The molecule has 3 aromatic rings. The molecule has 1 aliphatic rings. The molecule has 2 heterocycles. The van der Waals surface area contributed by atoms with Crippen LogP contribution < -0.4 is 24.3 Å². The normalized spacial score (nSPS) is 11.9. The summed E-state index contributed by atoms with van der Waals surface area (Å²) in [7, 11) is 1.60. The van der Waals surface area contributed by atoms with Gasteiger partial charge in [-0.05, 0) is 42.5 Å². The van der Waals surface area contributed by atoms with Gasteiger partial charge in [-0.1, -0.05) is 5.16 Å². The summed E-state index contributed by atoms with van der Waals surface area (Å²) in [6.07, 6.45) is 0. The molecule has 2 aromatic carbocycles. The molecule has 1 aromatic heterocycles. The number of ether oxygens (including phenoxy) is 4. The highest BCUT2D eigenvalue weighted by Crippen LogP contribution is 2.32. The van der Waals surface area contributed by atoms with Gasteiger partial charge in [0, 0.05) is 5.56 Å². The van der Waals surface area contributed by atoms with Gasteiger partial charge in [0.05, 0.1) is 13.7 Å². The molecule has 0 unspecified atom stereocenters. The Balaban J connectivity index is 1.29. The number of hydrogen-bond acceptors (Lipinski definition) is 8. The lowest BCUT2D eigenvalue weighted by molar-refractivity contribution is 0.0946. The second-order valence-corrected chi connectivity index (χ2v) is 5.82. The van der Waals surface area contributed by atoms with Gasteiger partial charge in [-0.2, -0.15) is 4.98 Å². The zero-order chi connectivity index (χ0) is 19.3. The third-order valence-electron chi connectivity index (χ3n) is 3.97. The minimum absolute atomic E-state index is 0.100. The fourth-order valence-electron chi connectivity index (χ4n) is 2.54. The Morgan fingerprint density at radius 1 is 1.11 bits per heavy atom. The van der Waals surface area contributed by atoms with Gasteiger partial charge >= 0.3 is 0 Å². The first kappa shape index (κ1) is 17.7. The monoisotopic (exact) mass is 383 g/mol. The Kier molecular flexibility index (Phi) is 4.96. The number of amides is 1. The van der Waals surface area contributed by atoms with Gasteiger partial charge in [-0.15, -0.1) is 0 Å². The van der Waals surface area contributed by atoms with Crippen LogP contribution in [-0.2, 0) is 13.2 Å². The van der Waals surface area contributed by atoms with Gasteiger partial charge in [0.15, 0.2) is 18.1 Å². The molecule has 1 amide bonds. The number of carbonyl (C=O) groups excluding carboxylic acids is 1. The van der Waals surface area contributed by atoms with E-state index in [-0.39, 0.29) is 31.7 Å². The summed E-state index contributed by atoms with van der Waals surface area (Å²) < 4.78 is 26.3. The van der Waals surface area contributed by atoms with Crippen molar-refractivity contribution in [2.45, 2.75) is 13.2 Å². The number of aromatic nitrogens is 2. The predicted octanol–water partition coefficient (Wildman–Crippen LogP) is 2.32. The fraction of sp³-hybridized carbons (Fsp3) is 0.211. The van der Waals surface area contributed by atoms with E-state index in [0.717, 1.165) is 5.75 Å². The summed E-state index contributed by atoms with van der Waals surface area (Å²) in [6.45, 7) is 0.401. The quantitative estimate of drug-likeness (QED) is 0.663. The van der Waals surface area contributed by atoms with Crippen LogP contribution in [0.4, 0.5) is 0 Å². The highest BCUT2D eigenvalue weighted by atomic mass is 16.7. The van der Waals surface area contributed by atoms with E-state index >= 15 is 0 Å². The predicted molar refractivity (Wildman–Crippen MR) is 95.4 cm³/mol. The number of nitrogens with zero attached hydrogens (tertiary/aromatic N) is 2. The Morgan fingerprint density at radius 2 is 1.89 bits per heavy atom. The van der Waals surface area contributed by atoms with Crippen LogP contribution in [0, 0.1) is 0 Å². The van der Waals surface area contributed by atoms with E-state index in [1.54, 1.807) is 49.6 Å². The van der Waals surface area contributed by atoms with Crippen molar-refractivity contribution in [3.8, 4) is 23.0 Å². The SMILES string of the molecule is COc1ccc(OCc2noc(CNC(=O)c3ccc4c(c3)OCO4)n2)cc1. The van der Waals surface area contributed by atoms with Crippen molar-refractivity contribution < 1.29 is 28.3 Å². The van der Waals surface area contributed by atoms with Gasteiger partial charge in [-0.25, -0.2) is 0 Å². The van der Waals surface area contributed by atoms with E-state index in [4.69, 9.17) is 23.5 Å². The van der Waals surface area contributed by atoms with E-state index in [9.17, 15) is 4.79 Å². The second-order valence-electron chi connectivity index (χ2n) is 5.82. The molecule has 0 bridgehead atoms. The van der Waals surface area contributed by atoms with Crippen molar-refractivity contribution in [2.24, 2.45) is 0 Å². The van der Waals surface area contributed by atoms with E-state index in [1.807, 2.05) is 0 Å². The second kappa shape index (κ2) is 7.87. The maximum atomic E-state index is 12.3. The lowest BCUT2D eigenvalue weighted by Crippen LogP contribution is -2.22. The molecule has 4 rings (SSSR count). The molecule has 0 saturated heterocycles. The zero-order valence-corrected chi connectivity index (χ0v) is 15.0. The summed E-state index contributed by atoms with van der Waals surface area (Å²) >= 11 is 0. The molecule has 0 saturated carbocycles. The molecule has 28 heavy (non-hydrogen) atoms. The van der Waals surface area contributed by atoms with Crippen molar-refractivity contribution in [3.05, 3.63) is 59.7 Å². The lowest BCUT2D eigenvalue weighted by Gasteiger charge is -2.04. The maximum Gasteiger partial charge on any atom is 0.251 e. The molecule has 0 spiro atoms. The number of hydrogen-bond donors (Lipinski definition) is 1. The Labute approximate surface area is 160 Å². The van der Waals surface area contributed by atoms with Crippen LogP contribution in [0.3, 0.4) is 0 Å². The van der Waals surface area contributed by atoms with Crippen molar-refractivity contribution in [2.75, 3.05) is 13.9 Å². The highest BCUT2D eigenvalue weighted by molar-refractivity contribution is 5.94.